The van der Waals surface area contributed by atoms with Crippen molar-refractivity contribution in [2.24, 2.45) is 44.3 Å². The van der Waals surface area contributed by atoms with Gasteiger partial charge in [-0.25, -0.2) is 4.79 Å². The Balaban J connectivity index is 0.000000156. The lowest BCUT2D eigenvalue weighted by atomic mass is 10.00. The minimum absolute atomic E-state index is 0.0842. The zero-order valence-corrected chi connectivity index (χ0v) is 54.8. The summed E-state index contributed by atoms with van der Waals surface area (Å²) in [7, 11) is 0. The van der Waals surface area contributed by atoms with Gasteiger partial charge in [-0.1, -0.05) is 91.2 Å². The van der Waals surface area contributed by atoms with Gasteiger partial charge in [-0.3, -0.25) is 9.80 Å². The van der Waals surface area contributed by atoms with E-state index in [1.807, 2.05) is 20.8 Å². The highest BCUT2D eigenvalue weighted by molar-refractivity contribution is 9.19. The number of nitrogens with zero attached hydrogens (tertiary/aromatic N) is 7. The highest BCUT2D eigenvalue weighted by atomic mass is 79.9. The molecule has 0 bridgehead atoms. The van der Waals surface area contributed by atoms with Gasteiger partial charge in [0.2, 0.25) is 0 Å². The van der Waals surface area contributed by atoms with Crippen LogP contribution < -0.4 is 5.32 Å². The Morgan fingerprint density at radius 3 is 1.25 bits per heavy atom. The average Bonchev–Trinajstić information content (AvgIpc) is 4.48. The fourth-order valence-corrected chi connectivity index (χ4v) is 12.7. The molecule has 0 aromatic heterocycles. The minimum Gasteiger partial charge on any atom is -0.444 e. The van der Waals surface area contributed by atoms with Gasteiger partial charge < -0.3 is 34.3 Å². The van der Waals surface area contributed by atoms with Crippen LogP contribution >= 0.6 is 79.6 Å². The molecule has 11 rings (SSSR count). The van der Waals surface area contributed by atoms with Crippen molar-refractivity contribution >= 4 is 104 Å². The van der Waals surface area contributed by atoms with Crippen LogP contribution in [0.2, 0.25) is 0 Å². The molecule has 0 saturated carbocycles. The van der Waals surface area contributed by atoms with Crippen LogP contribution in [0.15, 0.2) is 93.4 Å². The largest absolute Gasteiger partial charge is 0.444 e. The number of likely N-dealkylation sites (tertiary alicyclic amines) is 3. The normalized spacial score (nSPS) is 25.9. The van der Waals surface area contributed by atoms with Crippen LogP contribution in [0, 0.1) is 23.7 Å². The van der Waals surface area contributed by atoms with Gasteiger partial charge in [-0.2, -0.15) is 39.5 Å². The van der Waals surface area contributed by atoms with E-state index < -0.39 is 40.8 Å². The summed E-state index contributed by atoms with van der Waals surface area (Å²) in [6.45, 7) is 13.8. The molecular formula is C57H68Br5F9N8O6. The zero-order chi connectivity index (χ0) is 61.7. The van der Waals surface area contributed by atoms with Gasteiger partial charge in [-0.05, 0) is 165 Å². The number of benzene rings is 3. The smallest absolute Gasteiger partial charge is 0.416 e. The number of oxime groups is 4. The van der Waals surface area contributed by atoms with E-state index in [4.69, 9.17) is 24.1 Å². The van der Waals surface area contributed by atoms with Gasteiger partial charge in [0.05, 0.1) is 16.7 Å². The summed E-state index contributed by atoms with van der Waals surface area (Å²) in [5.74, 6) is 1.76. The Hall–Kier alpha value is -3.54. The molecule has 8 atom stereocenters. The predicted molar refractivity (Wildman–Crippen MR) is 324 cm³/mol. The summed E-state index contributed by atoms with van der Waals surface area (Å²) in [6.07, 6.45) is -5.02. The second kappa shape index (κ2) is 31.3. The SMILES string of the molecule is BrC1=NOC([C@@H]2CCNC2)C1.CC(C)(C)OC(=O)N1CC[C@@H](C2CC(Br)=NO2)C1.FC(F)(F)c1cccc(CBr)c1.FC(F)(F)c1cccc(CN2CC[C@@H](C3CC(Br)=NO3)C2)c1.FC(F)(F)c1cccc(CN2CC[C@@H]([C@@H]3CC(Br)=NO3)C2)c1. The minimum atomic E-state index is -4.29. The first kappa shape index (κ1) is 68.9. The molecule has 3 aromatic carbocycles. The van der Waals surface area contributed by atoms with Gasteiger partial charge in [-0.15, -0.1) is 0 Å². The van der Waals surface area contributed by atoms with Crippen LogP contribution in [0.5, 0.6) is 0 Å². The lowest BCUT2D eigenvalue weighted by molar-refractivity contribution is -0.138. The summed E-state index contributed by atoms with van der Waals surface area (Å²) in [4.78, 5) is 39.4. The molecule has 0 radical (unpaired) electrons. The van der Waals surface area contributed by atoms with E-state index >= 15 is 0 Å². The van der Waals surface area contributed by atoms with Crippen molar-refractivity contribution in [3.63, 3.8) is 0 Å². The summed E-state index contributed by atoms with van der Waals surface area (Å²) in [5.41, 5.74) is -0.190. The Morgan fingerprint density at radius 2 is 0.906 bits per heavy atom. The summed E-state index contributed by atoms with van der Waals surface area (Å²) in [5, 5.41) is 19.3. The van der Waals surface area contributed by atoms with Crippen molar-refractivity contribution in [1.29, 1.82) is 0 Å². The second-order valence-electron chi connectivity index (χ2n) is 22.8. The van der Waals surface area contributed by atoms with E-state index in [9.17, 15) is 44.3 Å². The van der Waals surface area contributed by atoms with E-state index in [0.717, 1.165) is 134 Å². The topological polar surface area (TPSA) is 134 Å². The van der Waals surface area contributed by atoms with E-state index in [0.29, 0.717) is 71.4 Å². The van der Waals surface area contributed by atoms with E-state index in [1.54, 1.807) is 23.1 Å². The summed E-state index contributed by atoms with van der Waals surface area (Å²) in [6, 6.07) is 16.4. The van der Waals surface area contributed by atoms with Crippen LogP contribution in [0.25, 0.3) is 0 Å². The van der Waals surface area contributed by atoms with Gasteiger partial charge in [0.15, 0.2) is 0 Å². The van der Waals surface area contributed by atoms with Crippen molar-refractivity contribution < 1.29 is 68.4 Å². The second-order valence-corrected chi connectivity index (χ2v) is 27.0. The molecule has 14 nitrogen and oxygen atoms in total. The van der Waals surface area contributed by atoms with Gasteiger partial charge in [0.25, 0.3) is 0 Å². The maximum Gasteiger partial charge on any atom is 0.416 e. The summed E-state index contributed by atoms with van der Waals surface area (Å²) >= 11 is 16.4. The number of halogens is 14. The number of alkyl halides is 10. The Kier molecular flexibility index (Phi) is 25.4. The molecule has 0 aliphatic carbocycles. The maximum atomic E-state index is 12.7. The first-order valence-corrected chi connectivity index (χ1v) is 32.1. The molecule has 85 heavy (non-hydrogen) atoms. The van der Waals surface area contributed by atoms with Crippen LogP contribution in [0.3, 0.4) is 0 Å². The molecule has 4 fully saturated rings. The third kappa shape index (κ3) is 22.2. The molecule has 28 heteroatoms. The predicted octanol–water partition coefficient (Wildman–Crippen LogP) is 15.5. The number of carbonyl (C=O) groups excluding carboxylic acids is 1. The molecule has 3 unspecified atom stereocenters. The molecule has 0 spiro atoms. The number of nitrogens with one attached hydrogen (secondary N) is 1. The maximum absolute atomic E-state index is 12.7. The van der Waals surface area contributed by atoms with Crippen molar-refractivity contribution in [2.75, 3.05) is 52.4 Å². The number of hydrogen-bond acceptors (Lipinski definition) is 13. The summed E-state index contributed by atoms with van der Waals surface area (Å²) < 4.78 is 122. The van der Waals surface area contributed by atoms with Crippen LogP contribution in [-0.2, 0) is 61.0 Å². The molecule has 8 heterocycles. The molecule has 470 valence electrons. The van der Waals surface area contributed by atoms with Gasteiger partial charge in [0, 0.05) is 100 Å². The number of amides is 1. The number of rotatable bonds is 9. The van der Waals surface area contributed by atoms with Crippen molar-refractivity contribution in [2.45, 2.75) is 139 Å². The molecule has 8 aliphatic rings. The van der Waals surface area contributed by atoms with E-state index in [-0.39, 0.29) is 24.4 Å². The monoisotopic (exact) mass is 1530 g/mol. The molecule has 1 N–H and O–H groups in total. The van der Waals surface area contributed by atoms with Crippen molar-refractivity contribution in [3.8, 4) is 0 Å². The van der Waals surface area contributed by atoms with Crippen LogP contribution in [0.4, 0.5) is 44.3 Å². The molecule has 3 aromatic rings. The van der Waals surface area contributed by atoms with Crippen LogP contribution in [-0.4, -0.2) is 122 Å². The first-order valence-electron chi connectivity index (χ1n) is 27.8. The van der Waals surface area contributed by atoms with Crippen molar-refractivity contribution in [3.05, 3.63) is 106 Å². The molecular weight excluding hydrogens is 1460 g/mol. The average molecular weight is 1530 g/mol. The van der Waals surface area contributed by atoms with Gasteiger partial charge >= 0.3 is 24.6 Å². The lowest BCUT2D eigenvalue weighted by Crippen LogP contribution is -2.36. The van der Waals surface area contributed by atoms with E-state index in [1.165, 1.54) is 36.8 Å². The van der Waals surface area contributed by atoms with Crippen LogP contribution in [0.1, 0.15) is 106 Å². The Morgan fingerprint density at radius 1 is 0.541 bits per heavy atom. The standard InChI is InChI=1S/2C15H16BrF3N2O.C12H19BrN2O3.C8H6BrF3.C7H11BrN2O/c2*16-14-7-13(22-20-14)11-4-5-21(9-11)8-10-2-1-3-12(6-10)15(17,18)19;1-12(2,3)17-11(16)15-5-4-8(7-15)9-6-10(13)14-18-9;9-5-6-2-1-3-7(4-6)8(10,11)12;8-7-3-6(11-10-7)5-1-2-9-4-5/h2*1-3,6,11,13H,4-5,7-9H2;8-9H,4-7H2,1-3H3;1-4H,5H2;5-6,9H,1-4H2/t11-,13?;11-,13+;8-,9?;;5-,6?/m111.1/s1. The third-order valence-electron chi connectivity index (χ3n) is 15.1. The number of hydrogen-bond donors (Lipinski definition) is 1. The molecule has 1 amide bonds. The van der Waals surface area contributed by atoms with E-state index in [2.05, 4.69) is 115 Å². The quantitative estimate of drug-likeness (QED) is 0.164. The third-order valence-corrected chi connectivity index (χ3v) is 17.6. The van der Waals surface area contributed by atoms with Crippen molar-refractivity contribution in [1.82, 2.24) is 20.0 Å². The first-order chi connectivity index (χ1) is 40.1. The van der Waals surface area contributed by atoms with Gasteiger partial charge in [0.1, 0.15) is 48.5 Å². The zero-order valence-electron chi connectivity index (χ0n) is 46.9. The Labute approximate surface area is 531 Å². The number of ether oxygens (including phenoxy) is 1. The molecule has 4 saturated heterocycles. The highest BCUT2D eigenvalue weighted by Gasteiger charge is 2.40. The fourth-order valence-electron chi connectivity index (χ4n) is 10.7. The fraction of sp³-hybridized carbons (Fsp3) is 0.596. The lowest BCUT2D eigenvalue weighted by Gasteiger charge is -2.24. The molecule has 8 aliphatic heterocycles. The highest BCUT2D eigenvalue weighted by Crippen LogP contribution is 2.36. The number of carbonyl (C=O) groups is 1. The Bertz CT molecular complexity index is 2700.